The molecule has 2 aromatic carbocycles. The summed E-state index contributed by atoms with van der Waals surface area (Å²) in [7, 11) is -3.51. The minimum atomic E-state index is -3.51. The molecule has 1 N–H and O–H groups in total. The molecule has 0 spiro atoms. The topological polar surface area (TPSA) is 69.7 Å². The first-order valence-corrected chi connectivity index (χ1v) is 13.5. The Balaban J connectivity index is 1.30. The Bertz CT molecular complexity index is 1040. The van der Waals surface area contributed by atoms with Crippen LogP contribution in [0.15, 0.2) is 53.4 Å². The number of benzene rings is 2. The molecule has 6 nitrogen and oxygen atoms in total. The van der Waals surface area contributed by atoms with Gasteiger partial charge in [0.1, 0.15) is 0 Å². The van der Waals surface area contributed by atoms with Crippen molar-refractivity contribution in [2.24, 2.45) is 5.92 Å². The molecular weight excluding hydrogens is 434 g/mol. The van der Waals surface area contributed by atoms with Gasteiger partial charge in [-0.1, -0.05) is 29.8 Å². The van der Waals surface area contributed by atoms with Crippen molar-refractivity contribution in [2.45, 2.75) is 56.9 Å². The maximum absolute atomic E-state index is 12.9. The van der Waals surface area contributed by atoms with Gasteiger partial charge >= 0.3 is 0 Å². The highest BCUT2D eigenvalue weighted by Crippen LogP contribution is 2.26. The van der Waals surface area contributed by atoms with Gasteiger partial charge in [-0.15, -0.1) is 0 Å². The molecule has 2 saturated heterocycles. The highest BCUT2D eigenvalue weighted by Gasteiger charge is 2.32. The maximum Gasteiger partial charge on any atom is 0.243 e. The molecule has 0 saturated carbocycles. The molecule has 33 heavy (non-hydrogen) atoms. The van der Waals surface area contributed by atoms with Crippen molar-refractivity contribution >= 4 is 21.6 Å². The number of piperidine rings is 2. The van der Waals surface area contributed by atoms with Crippen molar-refractivity contribution in [3.63, 3.8) is 0 Å². The largest absolute Gasteiger partial charge is 0.372 e. The van der Waals surface area contributed by atoms with Crippen molar-refractivity contribution in [1.29, 1.82) is 0 Å². The van der Waals surface area contributed by atoms with E-state index in [1.165, 1.54) is 29.3 Å². The molecule has 0 aliphatic carbocycles. The Hall–Kier alpha value is -2.38. The quantitative estimate of drug-likeness (QED) is 0.686. The fourth-order valence-electron chi connectivity index (χ4n) is 4.76. The second-order valence-electron chi connectivity index (χ2n) is 9.36. The van der Waals surface area contributed by atoms with Crippen LogP contribution >= 0.6 is 0 Å². The van der Waals surface area contributed by atoms with Crippen molar-refractivity contribution in [2.75, 3.05) is 31.1 Å². The van der Waals surface area contributed by atoms with Gasteiger partial charge in [-0.25, -0.2) is 8.42 Å². The highest BCUT2D eigenvalue weighted by atomic mass is 32.2. The van der Waals surface area contributed by atoms with Crippen LogP contribution in [0, 0.1) is 12.8 Å². The third-order valence-corrected chi connectivity index (χ3v) is 8.87. The molecule has 4 rings (SSSR count). The molecule has 2 aliphatic rings. The number of anilines is 1. The number of hydrogen-bond donors (Lipinski definition) is 1. The van der Waals surface area contributed by atoms with Crippen LogP contribution in [-0.4, -0.2) is 44.8 Å². The Labute approximate surface area is 198 Å². The number of hydrogen-bond acceptors (Lipinski definition) is 4. The van der Waals surface area contributed by atoms with Gasteiger partial charge in [0.2, 0.25) is 15.9 Å². The van der Waals surface area contributed by atoms with Crippen molar-refractivity contribution in [3.05, 3.63) is 59.7 Å². The van der Waals surface area contributed by atoms with Crippen LogP contribution in [0.25, 0.3) is 0 Å². The van der Waals surface area contributed by atoms with E-state index in [1.54, 1.807) is 12.1 Å². The average Bonchev–Trinajstić information content (AvgIpc) is 2.85. The predicted molar refractivity (Wildman–Crippen MR) is 132 cm³/mol. The van der Waals surface area contributed by atoms with E-state index in [4.69, 9.17) is 0 Å². The zero-order chi connectivity index (χ0) is 23.4. The summed E-state index contributed by atoms with van der Waals surface area (Å²) < 4.78 is 27.3. The van der Waals surface area contributed by atoms with Gasteiger partial charge in [0.05, 0.1) is 10.9 Å². The lowest BCUT2D eigenvalue weighted by Gasteiger charge is -2.31. The first kappa shape index (κ1) is 23.8. The van der Waals surface area contributed by atoms with Crippen LogP contribution < -0.4 is 10.2 Å². The molecule has 1 amide bonds. The number of sulfonamides is 1. The third kappa shape index (κ3) is 5.58. The maximum atomic E-state index is 12.9. The van der Waals surface area contributed by atoms with Crippen LogP contribution in [0.2, 0.25) is 0 Å². The number of rotatable bonds is 6. The van der Waals surface area contributed by atoms with E-state index in [0.29, 0.717) is 30.8 Å². The molecule has 7 heteroatoms. The number of carbonyl (C=O) groups excluding carboxylic acids is 1. The second kappa shape index (κ2) is 10.3. The van der Waals surface area contributed by atoms with E-state index in [9.17, 15) is 13.2 Å². The molecule has 1 atom stereocenters. The number of carbonyl (C=O) groups is 1. The average molecular weight is 470 g/mol. The number of nitrogens with one attached hydrogen (secondary N) is 1. The lowest BCUT2D eigenvalue weighted by Crippen LogP contribution is -2.43. The summed E-state index contributed by atoms with van der Waals surface area (Å²) in [6, 6.07) is 15.4. The minimum absolute atomic E-state index is 0.00925. The van der Waals surface area contributed by atoms with Crippen LogP contribution in [0.3, 0.4) is 0 Å². The Morgan fingerprint density at radius 1 is 0.909 bits per heavy atom. The third-order valence-electron chi connectivity index (χ3n) is 6.96. The fourth-order valence-corrected chi connectivity index (χ4v) is 6.23. The molecule has 0 unspecified atom stereocenters. The van der Waals surface area contributed by atoms with Crippen molar-refractivity contribution in [1.82, 2.24) is 9.62 Å². The van der Waals surface area contributed by atoms with Crippen LogP contribution in [-0.2, 0) is 14.8 Å². The second-order valence-corrected chi connectivity index (χ2v) is 11.3. The summed E-state index contributed by atoms with van der Waals surface area (Å²) in [5.74, 6) is -0.153. The molecule has 0 bridgehead atoms. The number of amides is 1. The Morgan fingerprint density at radius 3 is 2.12 bits per heavy atom. The summed E-state index contributed by atoms with van der Waals surface area (Å²) >= 11 is 0. The summed E-state index contributed by atoms with van der Waals surface area (Å²) in [5, 5.41) is 3.14. The molecule has 0 radical (unpaired) electrons. The van der Waals surface area contributed by atoms with Crippen LogP contribution in [0.1, 0.15) is 56.2 Å². The van der Waals surface area contributed by atoms with Gasteiger partial charge in [-0.05, 0) is 75.8 Å². The standard InChI is InChI=1S/C26H35N3O3S/c1-20-6-12-25(13-7-20)33(31,32)29-18-14-23(15-19-29)26(30)27-21(2)22-8-10-24(11-9-22)28-16-4-3-5-17-28/h6-13,21,23H,3-5,14-19H2,1-2H3,(H,27,30)/t21-/m0/s1. The smallest absolute Gasteiger partial charge is 0.243 e. The summed E-state index contributed by atoms with van der Waals surface area (Å²) in [6.45, 7) is 6.91. The van der Waals surface area contributed by atoms with Gasteiger partial charge < -0.3 is 10.2 Å². The van der Waals surface area contributed by atoms with Crippen LogP contribution in [0.4, 0.5) is 5.69 Å². The normalized spacial score (nSPS) is 19.3. The Morgan fingerprint density at radius 2 is 1.52 bits per heavy atom. The van der Waals surface area contributed by atoms with E-state index in [0.717, 1.165) is 24.2 Å². The lowest BCUT2D eigenvalue weighted by molar-refractivity contribution is -0.126. The lowest BCUT2D eigenvalue weighted by atomic mass is 9.96. The van der Waals surface area contributed by atoms with E-state index in [-0.39, 0.29) is 17.9 Å². The van der Waals surface area contributed by atoms with E-state index in [2.05, 4.69) is 34.5 Å². The van der Waals surface area contributed by atoms with Gasteiger partial charge in [0.15, 0.2) is 0 Å². The molecule has 2 fully saturated rings. The first-order chi connectivity index (χ1) is 15.8. The van der Waals surface area contributed by atoms with Gasteiger partial charge in [0.25, 0.3) is 0 Å². The highest BCUT2D eigenvalue weighted by molar-refractivity contribution is 7.89. The van der Waals surface area contributed by atoms with Crippen molar-refractivity contribution < 1.29 is 13.2 Å². The summed E-state index contributed by atoms with van der Waals surface area (Å²) in [5.41, 5.74) is 3.36. The van der Waals surface area contributed by atoms with E-state index >= 15 is 0 Å². The van der Waals surface area contributed by atoms with E-state index < -0.39 is 10.0 Å². The molecular formula is C26H35N3O3S. The summed E-state index contributed by atoms with van der Waals surface area (Å²) in [4.78, 5) is 15.6. The molecule has 2 aromatic rings. The zero-order valence-electron chi connectivity index (χ0n) is 19.7. The first-order valence-electron chi connectivity index (χ1n) is 12.1. The number of aryl methyl sites for hydroxylation is 1. The molecule has 178 valence electrons. The van der Waals surface area contributed by atoms with Crippen molar-refractivity contribution in [3.8, 4) is 0 Å². The SMILES string of the molecule is Cc1ccc(S(=O)(=O)N2CCC(C(=O)N[C@@H](C)c3ccc(N4CCCCC4)cc3)CC2)cc1. The monoisotopic (exact) mass is 469 g/mol. The predicted octanol–water partition coefficient (Wildman–Crippen LogP) is 4.26. The molecule has 2 aliphatic heterocycles. The zero-order valence-corrected chi connectivity index (χ0v) is 20.5. The number of nitrogens with zero attached hydrogens (tertiary/aromatic N) is 2. The van der Waals surface area contributed by atoms with Crippen LogP contribution in [0.5, 0.6) is 0 Å². The fraction of sp³-hybridized carbons (Fsp3) is 0.500. The molecule has 2 heterocycles. The van der Waals surface area contributed by atoms with Gasteiger partial charge in [-0.2, -0.15) is 4.31 Å². The van der Waals surface area contributed by atoms with Gasteiger partial charge in [-0.3, -0.25) is 4.79 Å². The molecule has 0 aromatic heterocycles. The minimum Gasteiger partial charge on any atom is -0.372 e. The Kier molecular flexibility index (Phi) is 7.39. The van der Waals surface area contributed by atoms with E-state index in [1.807, 2.05) is 26.0 Å². The summed E-state index contributed by atoms with van der Waals surface area (Å²) in [6.07, 6.45) is 4.89. The van der Waals surface area contributed by atoms with Gasteiger partial charge in [0, 0.05) is 37.8 Å².